The number of carbonyl (C=O) groups excluding carboxylic acids is 1. The molecule has 0 saturated carbocycles. The lowest BCUT2D eigenvalue weighted by Crippen LogP contribution is -2.15. The zero-order valence-electron chi connectivity index (χ0n) is 16.6. The zero-order valence-corrected chi connectivity index (χ0v) is 19.7. The maximum absolute atomic E-state index is 12.5. The minimum Gasteiger partial charge on any atom is -0.453 e. The van der Waals surface area contributed by atoms with Crippen LogP contribution in [0.2, 0.25) is 5.02 Å². The number of furan rings is 1. The van der Waals surface area contributed by atoms with Crippen LogP contribution >= 0.6 is 39.3 Å². The fourth-order valence-corrected chi connectivity index (χ4v) is 4.36. The van der Waals surface area contributed by atoms with E-state index in [0.29, 0.717) is 34.0 Å². The van der Waals surface area contributed by atoms with Crippen LogP contribution in [0.4, 0.5) is 5.69 Å². The Morgan fingerprint density at radius 3 is 2.97 bits per heavy atom. The van der Waals surface area contributed by atoms with Crippen LogP contribution in [0, 0.1) is 6.92 Å². The Hall–Kier alpha value is -2.55. The minimum absolute atomic E-state index is 0.154. The summed E-state index contributed by atoms with van der Waals surface area (Å²) < 4.78 is 8.81. The molecule has 0 saturated heterocycles. The van der Waals surface area contributed by atoms with Gasteiger partial charge < -0.3 is 9.73 Å². The maximum atomic E-state index is 12.5. The smallest absolute Gasteiger partial charge is 0.234 e. The second-order valence-corrected chi connectivity index (χ2v) is 9.01. The lowest BCUT2D eigenvalue weighted by molar-refractivity contribution is -0.113. The summed E-state index contributed by atoms with van der Waals surface area (Å²) in [6.07, 6.45) is 1.76. The van der Waals surface area contributed by atoms with Crippen molar-refractivity contribution >= 4 is 61.9 Å². The Morgan fingerprint density at radius 1 is 1.32 bits per heavy atom. The van der Waals surface area contributed by atoms with Crippen LogP contribution in [0.25, 0.3) is 22.6 Å². The summed E-state index contributed by atoms with van der Waals surface area (Å²) in [6.45, 7) is 6.17. The molecule has 31 heavy (non-hydrogen) atoms. The highest BCUT2D eigenvalue weighted by Crippen LogP contribution is 2.31. The van der Waals surface area contributed by atoms with Crippen molar-refractivity contribution in [1.29, 1.82) is 0 Å². The molecule has 0 spiro atoms. The summed E-state index contributed by atoms with van der Waals surface area (Å²) in [5, 5.41) is 13.6. The van der Waals surface area contributed by atoms with Crippen molar-refractivity contribution in [1.82, 2.24) is 14.8 Å². The first kappa shape index (κ1) is 21.7. The van der Waals surface area contributed by atoms with Gasteiger partial charge in [0.25, 0.3) is 0 Å². The summed E-state index contributed by atoms with van der Waals surface area (Å²) in [5.41, 5.74) is 2.28. The van der Waals surface area contributed by atoms with Crippen molar-refractivity contribution in [2.75, 3.05) is 11.1 Å². The summed E-state index contributed by atoms with van der Waals surface area (Å²) in [7, 11) is 0. The molecule has 0 aliphatic carbocycles. The summed E-state index contributed by atoms with van der Waals surface area (Å²) in [5.74, 6) is 1.21. The van der Waals surface area contributed by atoms with Gasteiger partial charge in [-0.1, -0.05) is 51.4 Å². The number of fused-ring (bicyclic) bond motifs is 1. The van der Waals surface area contributed by atoms with Gasteiger partial charge in [0, 0.05) is 27.1 Å². The molecule has 4 rings (SSSR count). The molecule has 0 radical (unpaired) electrons. The Kier molecular flexibility index (Phi) is 6.50. The maximum Gasteiger partial charge on any atom is 0.234 e. The van der Waals surface area contributed by atoms with Crippen LogP contribution in [0.3, 0.4) is 0 Å². The molecule has 4 aromatic rings. The first-order chi connectivity index (χ1) is 15.0. The van der Waals surface area contributed by atoms with Gasteiger partial charge in [0.2, 0.25) is 11.7 Å². The molecular weight excluding hydrogens is 500 g/mol. The van der Waals surface area contributed by atoms with Crippen molar-refractivity contribution in [3.63, 3.8) is 0 Å². The van der Waals surface area contributed by atoms with Crippen LogP contribution in [0.5, 0.6) is 0 Å². The van der Waals surface area contributed by atoms with Gasteiger partial charge in [-0.3, -0.25) is 9.36 Å². The van der Waals surface area contributed by atoms with E-state index in [-0.39, 0.29) is 11.7 Å². The molecule has 0 fully saturated rings. The van der Waals surface area contributed by atoms with E-state index in [9.17, 15) is 4.79 Å². The highest BCUT2D eigenvalue weighted by molar-refractivity contribution is 9.10. The summed E-state index contributed by atoms with van der Waals surface area (Å²) in [6, 6.07) is 13.1. The van der Waals surface area contributed by atoms with Crippen LogP contribution < -0.4 is 5.32 Å². The van der Waals surface area contributed by atoms with Gasteiger partial charge in [-0.25, -0.2) is 0 Å². The third-order valence-electron chi connectivity index (χ3n) is 4.60. The van der Waals surface area contributed by atoms with Crippen molar-refractivity contribution < 1.29 is 9.21 Å². The number of rotatable bonds is 7. The number of allylic oxidation sites excluding steroid dienone is 1. The van der Waals surface area contributed by atoms with Crippen molar-refractivity contribution in [2.45, 2.75) is 18.6 Å². The van der Waals surface area contributed by atoms with Gasteiger partial charge in [-0.2, -0.15) is 0 Å². The molecule has 2 heterocycles. The number of nitrogens with one attached hydrogen (secondary N) is 1. The first-order valence-electron chi connectivity index (χ1n) is 9.37. The summed E-state index contributed by atoms with van der Waals surface area (Å²) in [4.78, 5) is 12.5. The van der Waals surface area contributed by atoms with Crippen molar-refractivity contribution in [2.24, 2.45) is 0 Å². The van der Waals surface area contributed by atoms with E-state index in [2.05, 4.69) is 38.0 Å². The molecule has 6 nitrogen and oxygen atoms in total. The molecule has 2 aromatic carbocycles. The second-order valence-electron chi connectivity index (χ2n) is 6.75. The number of anilines is 1. The average Bonchev–Trinajstić information content (AvgIpc) is 3.33. The van der Waals surface area contributed by atoms with E-state index >= 15 is 0 Å². The lowest BCUT2D eigenvalue weighted by atomic mass is 10.2. The predicted molar refractivity (Wildman–Crippen MR) is 129 cm³/mol. The van der Waals surface area contributed by atoms with Crippen LogP contribution in [-0.2, 0) is 11.3 Å². The quantitative estimate of drug-likeness (QED) is 0.229. The third kappa shape index (κ3) is 4.71. The number of carbonyl (C=O) groups is 1. The molecule has 158 valence electrons. The molecule has 0 atom stereocenters. The average molecular weight is 518 g/mol. The fourth-order valence-electron chi connectivity index (χ4n) is 3.06. The highest BCUT2D eigenvalue weighted by Gasteiger charge is 2.18. The van der Waals surface area contributed by atoms with E-state index in [4.69, 9.17) is 16.0 Å². The van der Waals surface area contributed by atoms with E-state index in [0.717, 1.165) is 21.0 Å². The van der Waals surface area contributed by atoms with Gasteiger partial charge >= 0.3 is 0 Å². The van der Waals surface area contributed by atoms with Gasteiger partial charge in [0.15, 0.2) is 10.9 Å². The summed E-state index contributed by atoms with van der Waals surface area (Å²) >= 11 is 10.9. The topological polar surface area (TPSA) is 73.0 Å². The standard InChI is InChI=1S/C22H18BrClN4O2S/c1-3-9-28-21(19-11-14-10-15(23)7-8-18(14)30-19)26-27-22(28)31-12-20(29)25-17-6-4-5-16(24)13(17)2/h3-8,10-11H,1,9,12H2,2H3,(H,25,29). The number of hydrogen-bond acceptors (Lipinski definition) is 5. The molecular formula is C22H18BrClN4O2S. The first-order valence-corrected chi connectivity index (χ1v) is 11.5. The highest BCUT2D eigenvalue weighted by atomic mass is 79.9. The molecule has 9 heteroatoms. The van der Waals surface area contributed by atoms with E-state index in [1.165, 1.54) is 11.8 Å². The number of amides is 1. The van der Waals surface area contributed by atoms with Gasteiger partial charge in [-0.15, -0.1) is 16.8 Å². The number of nitrogens with zero attached hydrogens (tertiary/aromatic N) is 3. The Balaban J connectivity index is 1.53. The number of hydrogen-bond donors (Lipinski definition) is 1. The number of aromatic nitrogens is 3. The zero-order chi connectivity index (χ0) is 22.0. The van der Waals surface area contributed by atoms with Crippen LogP contribution in [0.1, 0.15) is 5.56 Å². The monoisotopic (exact) mass is 516 g/mol. The fraction of sp³-hybridized carbons (Fsp3) is 0.136. The Labute approximate surface area is 196 Å². The van der Waals surface area contributed by atoms with Gasteiger partial charge in [0.1, 0.15) is 5.58 Å². The van der Waals surface area contributed by atoms with Crippen molar-refractivity contribution in [3.05, 3.63) is 70.2 Å². The van der Waals surface area contributed by atoms with Crippen molar-refractivity contribution in [3.8, 4) is 11.6 Å². The Bertz CT molecular complexity index is 1280. The largest absolute Gasteiger partial charge is 0.453 e. The van der Waals surface area contributed by atoms with Crippen LogP contribution in [0.15, 0.2) is 69.2 Å². The normalized spacial score (nSPS) is 11.1. The molecule has 1 amide bonds. The van der Waals surface area contributed by atoms with Gasteiger partial charge in [0.05, 0.1) is 5.75 Å². The SMILES string of the molecule is C=CCn1c(SCC(=O)Nc2cccc(Cl)c2C)nnc1-c1cc2cc(Br)ccc2o1. The minimum atomic E-state index is -0.154. The second kappa shape index (κ2) is 9.30. The molecule has 0 unspecified atom stereocenters. The predicted octanol–water partition coefficient (Wildman–Crippen LogP) is 6.33. The number of halogens is 2. The Morgan fingerprint density at radius 2 is 2.16 bits per heavy atom. The third-order valence-corrected chi connectivity index (χ3v) is 6.47. The van der Waals surface area contributed by atoms with E-state index in [1.54, 1.807) is 18.2 Å². The molecule has 2 aromatic heterocycles. The lowest BCUT2D eigenvalue weighted by Gasteiger charge is -2.09. The van der Waals surface area contributed by atoms with E-state index < -0.39 is 0 Å². The van der Waals surface area contributed by atoms with E-state index in [1.807, 2.05) is 41.8 Å². The van der Waals surface area contributed by atoms with Gasteiger partial charge in [-0.05, 0) is 48.9 Å². The molecule has 0 aliphatic rings. The number of thioether (sulfide) groups is 1. The molecule has 0 aliphatic heterocycles. The molecule has 0 bridgehead atoms. The number of benzene rings is 2. The van der Waals surface area contributed by atoms with Crippen LogP contribution in [-0.4, -0.2) is 26.4 Å². The molecule has 1 N–H and O–H groups in total.